The highest BCUT2D eigenvalue weighted by molar-refractivity contribution is 7.99. The predicted molar refractivity (Wildman–Crippen MR) is 131 cm³/mol. The first-order valence-corrected chi connectivity index (χ1v) is 11.6. The van der Waals surface area contributed by atoms with E-state index in [0.29, 0.717) is 6.42 Å². The van der Waals surface area contributed by atoms with Crippen LogP contribution in [0.1, 0.15) is 22.0 Å². The lowest BCUT2D eigenvalue weighted by molar-refractivity contribution is 0.0888. The molecule has 1 aromatic heterocycles. The number of fused-ring (bicyclic) bond motifs is 2. The molecular formula is C28H20N2OS. The Morgan fingerprint density at radius 1 is 0.750 bits per heavy atom. The number of rotatable bonds is 3. The molecule has 0 saturated carbocycles. The van der Waals surface area contributed by atoms with Gasteiger partial charge in [0.05, 0.1) is 11.4 Å². The van der Waals surface area contributed by atoms with E-state index in [4.69, 9.17) is 4.98 Å². The van der Waals surface area contributed by atoms with E-state index in [-0.39, 0.29) is 11.2 Å². The topological polar surface area (TPSA) is 34.9 Å². The molecular weight excluding hydrogens is 412 g/mol. The Morgan fingerprint density at radius 3 is 2.19 bits per heavy atom. The third-order valence-corrected chi connectivity index (χ3v) is 7.16. The van der Waals surface area contributed by atoms with Gasteiger partial charge in [0.25, 0.3) is 0 Å². The fourth-order valence-corrected chi connectivity index (χ4v) is 5.75. The van der Waals surface area contributed by atoms with Gasteiger partial charge in [-0.15, -0.1) is 0 Å². The van der Waals surface area contributed by atoms with Gasteiger partial charge < -0.3 is 0 Å². The zero-order valence-electron chi connectivity index (χ0n) is 17.3. The van der Waals surface area contributed by atoms with Crippen molar-refractivity contribution in [3.63, 3.8) is 0 Å². The first-order valence-electron chi connectivity index (χ1n) is 10.7. The van der Waals surface area contributed by atoms with Gasteiger partial charge in [0.1, 0.15) is 0 Å². The summed E-state index contributed by atoms with van der Waals surface area (Å²) in [5.74, 6) is 0.0882. The summed E-state index contributed by atoms with van der Waals surface area (Å²) in [5.41, 5.74) is 4.94. The highest BCUT2D eigenvalue weighted by Crippen LogP contribution is 2.47. The second-order valence-electron chi connectivity index (χ2n) is 7.93. The van der Waals surface area contributed by atoms with Crippen molar-refractivity contribution in [1.82, 2.24) is 9.55 Å². The second-order valence-corrected chi connectivity index (χ2v) is 9.10. The number of aromatic nitrogens is 2. The summed E-state index contributed by atoms with van der Waals surface area (Å²) < 4.78 is 1.82. The molecule has 5 aromatic rings. The van der Waals surface area contributed by atoms with Gasteiger partial charge in [0, 0.05) is 22.8 Å². The van der Waals surface area contributed by atoms with Crippen molar-refractivity contribution in [3.8, 4) is 22.5 Å². The number of carbonyl (C=O) groups excluding carboxylic acids is 1. The van der Waals surface area contributed by atoms with Crippen LogP contribution in [0.3, 0.4) is 0 Å². The Kier molecular flexibility index (Phi) is 4.66. The van der Waals surface area contributed by atoms with Gasteiger partial charge in [-0.25, -0.2) is 4.98 Å². The highest BCUT2D eigenvalue weighted by atomic mass is 32.2. The van der Waals surface area contributed by atoms with Crippen LogP contribution in [0.25, 0.3) is 33.3 Å². The lowest BCUT2D eigenvalue weighted by atomic mass is 10.00. The van der Waals surface area contributed by atoms with E-state index in [1.165, 1.54) is 16.3 Å². The lowest BCUT2D eigenvalue weighted by Gasteiger charge is -2.24. The Hall–Kier alpha value is -3.63. The summed E-state index contributed by atoms with van der Waals surface area (Å²) in [6.45, 7) is 0. The van der Waals surface area contributed by atoms with Crippen LogP contribution in [0.4, 0.5) is 0 Å². The van der Waals surface area contributed by atoms with Crippen LogP contribution in [-0.2, 0) is 0 Å². The first kappa shape index (κ1) is 19.1. The maximum Gasteiger partial charge on any atom is 0.234 e. The summed E-state index contributed by atoms with van der Waals surface area (Å²) in [4.78, 5) is 18.6. The maximum atomic E-state index is 13.6. The fraction of sp³-hybridized carbons (Fsp3) is 0.0714. The third-order valence-electron chi connectivity index (χ3n) is 5.97. The summed E-state index contributed by atoms with van der Waals surface area (Å²) in [5, 5.41) is 3.20. The van der Waals surface area contributed by atoms with Crippen LogP contribution in [-0.4, -0.2) is 15.5 Å². The van der Waals surface area contributed by atoms with E-state index in [2.05, 4.69) is 54.6 Å². The second kappa shape index (κ2) is 7.81. The first-order chi connectivity index (χ1) is 15.8. The average molecular weight is 433 g/mol. The molecule has 32 heavy (non-hydrogen) atoms. The Morgan fingerprint density at radius 2 is 1.41 bits per heavy atom. The molecule has 2 heterocycles. The van der Waals surface area contributed by atoms with Gasteiger partial charge >= 0.3 is 0 Å². The van der Waals surface area contributed by atoms with Crippen molar-refractivity contribution >= 4 is 28.4 Å². The predicted octanol–water partition coefficient (Wildman–Crippen LogP) is 7.25. The molecule has 1 aliphatic rings. The quantitative estimate of drug-likeness (QED) is 0.301. The Labute approximate surface area is 190 Å². The van der Waals surface area contributed by atoms with Gasteiger partial charge in [-0.05, 0) is 16.3 Å². The zero-order valence-corrected chi connectivity index (χ0v) is 18.1. The molecule has 1 atom stereocenters. The molecule has 4 aromatic carbocycles. The van der Waals surface area contributed by atoms with Gasteiger partial charge in [0.2, 0.25) is 5.91 Å². The lowest BCUT2D eigenvalue weighted by Crippen LogP contribution is -2.20. The molecule has 6 rings (SSSR count). The molecule has 0 spiro atoms. The fourth-order valence-electron chi connectivity index (χ4n) is 4.49. The molecule has 0 fully saturated rings. The summed E-state index contributed by atoms with van der Waals surface area (Å²) in [6.07, 6.45) is 0.441. The van der Waals surface area contributed by atoms with Gasteiger partial charge in [-0.1, -0.05) is 115 Å². The van der Waals surface area contributed by atoms with Crippen LogP contribution in [0.15, 0.2) is 108 Å². The number of hydrogen-bond donors (Lipinski definition) is 0. The van der Waals surface area contributed by atoms with Crippen LogP contribution in [0.5, 0.6) is 0 Å². The van der Waals surface area contributed by atoms with Gasteiger partial charge in [-0.2, -0.15) is 0 Å². The molecule has 0 aliphatic carbocycles. The normalized spacial score (nSPS) is 15.6. The number of benzene rings is 4. The summed E-state index contributed by atoms with van der Waals surface area (Å²) in [7, 11) is 0. The molecule has 0 bridgehead atoms. The van der Waals surface area contributed by atoms with E-state index in [0.717, 1.165) is 27.7 Å². The van der Waals surface area contributed by atoms with Crippen molar-refractivity contribution in [2.24, 2.45) is 0 Å². The maximum absolute atomic E-state index is 13.6. The van der Waals surface area contributed by atoms with Crippen LogP contribution < -0.4 is 0 Å². The van der Waals surface area contributed by atoms with E-state index in [1.807, 2.05) is 53.1 Å². The standard InChI is InChI=1S/C28H20N2OS/c31-25-18-24(23-17-9-15-19-10-7-8-16-22(19)23)32-28-29-26(20-11-3-1-4-12-20)27(30(25)28)21-13-5-2-6-14-21/h1-17,24H,18H2/t24-/m0/s1. The molecule has 4 heteroatoms. The third kappa shape index (κ3) is 3.15. The van der Waals surface area contributed by atoms with Crippen molar-refractivity contribution in [2.75, 3.05) is 0 Å². The van der Waals surface area contributed by atoms with Crippen LogP contribution in [0.2, 0.25) is 0 Å². The van der Waals surface area contributed by atoms with E-state index in [9.17, 15) is 4.79 Å². The Balaban J connectivity index is 1.52. The van der Waals surface area contributed by atoms with Crippen LogP contribution >= 0.6 is 11.8 Å². The van der Waals surface area contributed by atoms with Crippen molar-refractivity contribution < 1.29 is 4.79 Å². The van der Waals surface area contributed by atoms with Crippen molar-refractivity contribution in [2.45, 2.75) is 16.8 Å². The molecule has 1 aliphatic heterocycles. The molecule has 3 nitrogen and oxygen atoms in total. The number of thioether (sulfide) groups is 1. The minimum Gasteiger partial charge on any atom is -0.274 e. The summed E-state index contributed by atoms with van der Waals surface area (Å²) in [6, 6.07) is 34.9. The minimum atomic E-state index is 0.0377. The van der Waals surface area contributed by atoms with Gasteiger partial charge in [0.15, 0.2) is 5.16 Å². The molecule has 0 radical (unpaired) electrons. The minimum absolute atomic E-state index is 0.0377. The number of imidazole rings is 1. The molecule has 0 amide bonds. The molecule has 0 saturated heterocycles. The van der Waals surface area contributed by atoms with Gasteiger partial charge in [-0.3, -0.25) is 9.36 Å². The Bertz CT molecular complexity index is 1440. The molecule has 154 valence electrons. The largest absolute Gasteiger partial charge is 0.274 e. The molecule has 0 N–H and O–H groups in total. The van der Waals surface area contributed by atoms with E-state index >= 15 is 0 Å². The van der Waals surface area contributed by atoms with Crippen molar-refractivity contribution in [1.29, 1.82) is 0 Å². The van der Waals surface area contributed by atoms with Crippen molar-refractivity contribution in [3.05, 3.63) is 109 Å². The zero-order chi connectivity index (χ0) is 21.5. The SMILES string of the molecule is O=C1C[C@@H](c2cccc3ccccc23)Sc2nc(-c3ccccc3)c(-c3ccccc3)n21. The van der Waals surface area contributed by atoms with Crippen LogP contribution in [0, 0.1) is 0 Å². The monoisotopic (exact) mass is 432 g/mol. The average Bonchev–Trinajstić information content (AvgIpc) is 3.25. The highest BCUT2D eigenvalue weighted by Gasteiger charge is 2.33. The smallest absolute Gasteiger partial charge is 0.234 e. The number of hydrogen-bond acceptors (Lipinski definition) is 3. The number of nitrogens with zero attached hydrogens (tertiary/aromatic N) is 2. The summed E-state index contributed by atoms with van der Waals surface area (Å²) >= 11 is 1.68. The van der Waals surface area contributed by atoms with E-state index < -0.39 is 0 Å². The number of carbonyl (C=O) groups is 1. The van der Waals surface area contributed by atoms with E-state index in [1.54, 1.807) is 11.8 Å². The molecule has 0 unspecified atom stereocenters.